The van der Waals surface area contributed by atoms with E-state index < -0.39 is 0 Å². The summed E-state index contributed by atoms with van der Waals surface area (Å²) < 4.78 is 0.866. The molecule has 27 heavy (non-hydrogen) atoms. The maximum atomic E-state index is 12.2. The molecule has 1 aliphatic carbocycles. The van der Waals surface area contributed by atoms with Crippen molar-refractivity contribution in [2.45, 2.75) is 42.3 Å². The van der Waals surface area contributed by atoms with Gasteiger partial charge in [0.1, 0.15) is 0 Å². The Kier molecular flexibility index (Phi) is 5.70. The van der Waals surface area contributed by atoms with Gasteiger partial charge in [-0.2, -0.15) is 0 Å². The number of carbonyl (C=O) groups excluding carboxylic acids is 1. The van der Waals surface area contributed by atoms with E-state index in [4.69, 9.17) is 0 Å². The fraction of sp³-hybridized carbons (Fsp3) is 0.333. The number of hydrogen-bond acceptors (Lipinski definition) is 8. The van der Waals surface area contributed by atoms with Gasteiger partial charge in [0.2, 0.25) is 11.0 Å². The Morgan fingerprint density at radius 2 is 2.11 bits per heavy atom. The van der Waals surface area contributed by atoms with Crippen LogP contribution in [-0.4, -0.2) is 27.1 Å². The van der Waals surface area contributed by atoms with Gasteiger partial charge in [0.25, 0.3) is 0 Å². The number of rotatable bonds is 8. The minimum absolute atomic E-state index is 0.126. The van der Waals surface area contributed by atoms with Gasteiger partial charge in [0.15, 0.2) is 9.47 Å². The number of thiazole rings is 1. The number of para-hydroxylation sites is 1. The molecule has 1 amide bonds. The van der Waals surface area contributed by atoms with Crippen LogP contribution in [0.2, 0.25) is 0 Å². The van der Waals surface area contributed by atoms with Crippen LogP contribution in [0.5, 0.6) is 0 Å². The molecule has 1 fully saturated rings. The Morgan fingerprint density at radius 1 is 1.30 bits per heavy atom. The normalized spacial score (nSPS) is 13.5. The molecule has 0 saturated heterocycles. The molecule has 3 aromatic rings. The third-order valence-corrected chi connectivity index (χ3v) is 6.90. The van der Waals surface area contributed by atoms with E-state index in [9.17, 15) is 4.79 Å². The van der Waals surface area contributed by atoms with E-state index in [-0.39, 0.29) is 5.91 Å². The molecule has 0 radical (unpaired) electrons. The van der Waals surface area contributed by atoms with Gasteiger partial charge in [0.05, 0.1) is 5.69 Å². The number of benzene rings is 1. The third kappa shape index (κ3) is 4.66. The summed E-state index contributed by atoms with van der Waals surface area (Å²) in [5.41, 5.74) is 2.03. The molecule has 0 spiro atoms. The summed E-state index contributed by atoms with van der Waals surface area (Å²) in [5, 5.41) is 15.5. The van der Waals surface area contributed by atoms with E-state index in [2.05, 4.69) is 25.9 Å². The van der Waals surface area contributed by atoms with Crippen LogP contribution >= 0.6 is 34.4 Å². The summed E-state index contributed by atoms with van der Waals surface area (Å²) in [5.74, 6) is 0.855. The zero-order valence-electron chi connectivity index (χ0n) is 14.8. The van der Waals surface area contributed by atoms with Crippen molar-refractivity contribution in [3.05, 3.63) is 41.4 Å². The number of thioether (sulfide) groups is 1. The van der Waals surface area contributed by atoms with E-state index >= 15 is 0 Å². The van der Waals surface area contributed by atoms with Crippen LogP contribution < -0.4 is 10.2 Å². The fourth-order valence-corrected chi connectivity index (χ4v) is 5.20. The predicted octanol–water partition coefficient (Wildman–Crippen LogP) is 4.94. The summed E-state index contributed by atoms with van der Waals surface area (Å²) in [6, 6.07) is 10.3. The van der Waals surface area contributed by atoms with E-state index in [1.54, 1.807) is 23.1 Å². The average molecular weight is 418 g/mol. The van der Waals surface area contributed by atoms with Crippen molar-refractivity contribution in [2.24, 2.45) is 0 Å². The van der Waals surface area contributed by atoms with Crippen molar-refractivity contribution in [1.29, 1.82) is 0 Å². The number of amides is 1. The lowest BCUT2D eigenvalue weighted by atomic mass is 10.3. The van der Waals surface area contributed by atoms with Gasteiger partial charge in [-0.25, -0.2) is 4.98 Å². The van der Waals surface area contributed by atoms with Crippen LogP contribution in [0.1, 0.15) is 31.9 Å². The summed E-state index contributed by atoms with van der Waals surface area (Å²) in [4.78, 5) is 18.6. The molecule has 0 aliphatic heterocycles. The highest BCUT2D eigenvalue weighted by Gasteiger charge is 2.35. The Morgan fingerprint density at radius 3 is 2.85 bits per heavy atom. The molecule has 1 saturated carbocycles. The van der Waals surface area contributed by atoms with E-state index in [1.807, 2.05) is 42.2 Å². The van der Waals surface area contributed by atoms with Crippen LogP contribution in [0, 0.1) is 0 Å². The second kappa shape index (κ2) is 8.37. The first-order valence-electron chi connectivity index (χ1n) is 8.77. The van der Waals surface area contributed by atoms with Crippen LogP contribution in [0.25, 0.3) is 0 Å². The fourth-order valence-electron chi connectivity index (χ4n) is 2.54. The number of hydrogen-bond donors (Lipinski definition) is 1. The number of anilines is 3. The first-order chi connectivity index (χ1) is 13.2. The minimum Gasteiger partial charge on any atom is -0.332 e. The first-order valence-corrected chi connectivity index (χ1v) is 11.5. The SMILES string of the molecule is CCC(=O)N(c1nnc(SCc2csc(Nc3ccccc3)n2)s1)C1CC1. The molecule has 1 aliphatic rings. The minimum atomic E-state index is 0.126. The summed E-state index contributed by atoms with van der Waals surface area (Å²) >= 11 is 4.68. The second-order valence-corrected chi connectivity index (χ2v) is 9.16. The second-order valence-electron chi connectivity index (χ2n) is 6.12. The van der Waals surface area contributed by atoms with Gasteiger partial charge in [0, 0.05) is 29.3 Å². The summed E-state index contributed by atoms with van der Waals surface area (Å²) in [6.07, 6.45) is 2.61. The van der Waals surface area contributed by atoms with Crippen molar-refractivity contribution < 1.29 is 4.79 Å². The molecule has 6 nitrogen and oxygen atoms in total. The quantitative estimate of drug-likeness (QED) is 0.414. The van der Waals surface area contributed by atoms with Gasteiger partial charge >= 0.3 is 0 Å². The monoisotopic (exact) mass is 417 g/mol. The highest BCUT2D eigenvalue weighted by Crippen LogP contribution is 2.37. The van der Waals surface area contributed by atoms with Crippen LogP contribution in [0.15, 0.2) is 40.1 Å². The van der Waals surface area contributed by atoms with Crippen LogP contribution in [-0.2, 0) is 10.5 Å². The lowest BCUT2D eigenvalue weighted by molar-refractivity contribution is -0.118. The zero-order valence-corrected chi connectivity index (χ0v) is 17.2. The number of carbonyl (C=O) groups is 1. The lowest BCUT2D eigenvalue weighted by Gasteiger charge is -2.17. The smallest absolute Gasteiger partial charge is 0.228 e. The Bertz CT molecular complexity index is 907. The van der Waals surface area contributed by atoms with Gasteiger partial charge in [-0.1, -0.05) is 48.2 Å². The Labute approximate surface area is 170 Å². The number of aromatic nitrogens is 3. The van der Waals surface area contributed by atoms with E-state index in [0.29, 0.717) is 12.5 Å². The number of nitrogens with one attached hydrogen (secondary N) is 1. The van der Waals surface area contributed by atoms with Gasteiger partial charge < -0.3 is 5.32 Å². The lowest BCUT2D eigenvalue weighted by Crippen LogP contribution is -2.32. The molecule has 1 aromatic carbocycles. The first kappa shape index (κ1) is 18.4. The average Bonchev–Trinajstić information content (AvgIpc) is 3.23. The van der Waals surface area contributed by atoms with Crippen molar-refractivity contribution in [1.82, 2.24) is 15.2 Å². The van der Waals surface area contributed by atoms with Crippen molar-refractivity contribution in [2.75, 3.05) is 10.2 Å². The third-order valence-electron chi connectivity index (χ3n) is 4.01. The molecular formula is C18H19N5OS3. The van der Waals surface area contributed by atoms with Crippen LogP contribution in [0.4, 0.5) is 16.0 Å². The largest absolute Gasteiger partial charge is 0.332 e. The molecule has 1 N–H and O–H groups in total. The molecule has 2 heterocycles. The van der Waals surface area contributed by atoms with Gasteiger partial charge in [-0.3, -0.25) is 9.69 Å². The molecule has 4 rings (SSSR count). The van der Waals surface area contributed by atoms with E-state index in [1.165, 1.54) is 11.3 Å². The summed E-state index contributed by atoms with van der Waals surface area (Å²) in [6.45, 7) is 1.89. The standard InChI is InChI=1S/C18H19N5OS3/c1-2-15(24)23(14-8-9-14)17-21-22-18(27-17)26-11-13-10-25-16(20-13)19-12-6-4-3-5-7-12/h3-7,10,14H,2,8-9,11H2,1H3,(H,19,20). The maximum absolute atomic E-state index is 12.2. The predicted molar refractivity (Wildman–Crippen MR) is 112 cm³/mol. The highest BCUT2D eigenvalue weighted by molar-refractivity contribution is 8.00. The van der Waals surface area contributed by atoms with Gasteiger partial charge in [-0.15, -0.1) is 21.5 Å². The van der Waals surface area contributed by atoms with Gasteiger partial charge in [-0.05, 0) is 25.0 Å². The topological polar surface area (TPSA) is 71.0 Å². The Hall–Kier alpha value is -1.97. The molecule has 0 bridgehead atoms. The molecule has 0 unspecified atom stereocenters. The van der Waals surface area contributed by atoms with Crippen molar-refractivity contribution in [3.8, 4) is 0 Å². The van der Waals surface area contributed by atoms with Crippen molar-refractivity contribution in [3.63, 3.8) is 0 Å². The Balaban J connectivity index is 1.35. The molecule has 2 aromatic heterocycles. The molecule has 9 heteroatoms. The molecule has 0 atom stereocenters. The van der Waals surface area contributed by atoms with Crippen LogP contribution in [0.3, 0.4) is 0 Å². The molecular weight excluding hydrogens is 398 g/mol. The highest BCUT2D eigenvalue weighted by atomic mass is 32.2. The summed E-state index contributed by atoms with van der Waals surface area (Å²) in [7, 11) is 0. The zero-order chi connectivity index (χ0) is 18.6. The number of nitrogens with zero attached hydrogens (tertiary/aromatic N) is 4. The maximum Gasteiger partial charge on any atom is 0.228 e. The van der Waals surface area contributed by atoms with Crippen molar-refractivity contribution >= 4 is 56.3 Å². The molecule has 140 valence electrons. The van der Waals surface area contributed by atoms with E-state index in [0.717, 1.165) is 44.6 Å².